The maximum Gasteiger partial charge on any atom is 0.224 e. The lowest BCUT2D eigenvalue weighted by atomic mass is 9.96. The summed E-state index contributed by atoms with van der Waals surface area (Å²) in [6.07, 6.45) is 7.16. The minimum absolute atomic E-state index is 0.0362. The molecule has 0 spiro atoms. The van der Waals surface area contributed by atoms with Crippen LogP contribution in [0.4, 0.5) is 0 Å². The number of ether oxygens (including phenoxy) is 1. The maximum atomic E-state index is 12.8. The Labute approximate surface area is 160 Å². The van der Waals surface area contributed by atoms with Crippen molar-refractivity contribution in [3.63, 3.8) is 0 Å². The molecule has 1 aliphatic heterocycles. The lowest BCUT2D eigenvalue weighted by Crippen LogP contribution is -2.42. The van der Waals surface area contributed by atoms with Crippen LogP contribution in [0.3, 0.4) is 0 Å². The summed E-state index contributed by atoms with van der Waals surface area (Å²) in [5, 5.41) is 3.14. The quantitative estimate of drug-likeness (QED) is 0.850. The molecular formula is C22H28N2O3. The van der Waals surface area contributed by atoms with Crippen LogP contribution in [0.25, 0.3) is 0 Å². The average Bonchev–Trinajstić information content (AvgIpc) is 3.36. The summed E-state index contributed by atoms with van der Waals surface area (Å²) in [5.74, 6) is 2.02. The van der Waals surface area contributed by atoms with Gasteiger partial charge in [0.15, 0.2) is 0 Å². The maximum absolute atomic E-state index is 12.8. The van der Waals surface area contributed by atoms with Gasteiger partial charge in [-0.1, -0.05) is 6.07 Å². The van der Waals surface area contributed by atoms with Crippen molar-refractivity contribution in [3.05, 3.63) is 53.0 Å². The second kappa shape index (κ2) is 8.17. The Morgan fingerprint density at radius 2 is 2.15 bits per heavy atom. The zero-order valence-corrected chi connectivity index (χ0v) is 16.0. The van der Waals surface area contributed by atoms with Crippen molar-refractivity contribution in [1.29, 1.82) is 0 Å². The third-order valence-electron chi connectivity index (χ3n) is 5.78. The van der Waals surface area contributed by atoms with E-state index in [2.05, 4.69) is 22.3 Å². The van der Waals surface area contributed by atoms with E-state index in [9.17, 15) is 4.79 Å². The van der Waals surface area contributed by atoms with Gasteiger partial charge in [-0.3, -0.25) is 9.69 Å². The molecule has 0 saturated carbocycles. The van der Waals surface area contributed by atoms with Gasteiger partial charge in [0.2, 0.25) is 5.91 Å². The van der Waals surface area contributed by atoms with Gasteiger partial charge >= 0.3 is 0 Å². The molecule has 27 heavy (non-hydrogen) atoms. The van der Waals surface area contributed by atoms with E-state index in [1.807, 2.05) is 12.1 Å². The summed E-state index contributed by atoms with van der Waals surface area (Å²) in [6, 6.07) is 8.26. The summed E-state index contributed by atoms with van der Waals surface area (Å²) in [4.78, 5) is 15.1. The number of amides is 1. The number of nitrogens with one attached hydrogen (secondary N) is 1. The number of rotatable bonds is 6. The molecule has 1 fully saturated rings. The molecule has 2 heterocycles. The first kappa shape index (κ1) is 18.1. The Kier molecular flexibility index (Phi) is 5.48. The van der Waals surface area contributed by atoms with Crippen LogP contribution in [0.2, 0.25) is 0 Å². The third-order valence-corrected chi connectivity index (χ3v) is 5.78. The van der Waals surface area contributed by atoms with Crippen molar-refractivity contribution >= 4 is 5.91 Å². The minimum Gasteiger partial charge on any atom is -0.496 e. The first-order valence-electron chi connectivity index (χ1n) is 9.94. The highest BCUT2D eigenvalue weighted by Crippen LogP contribution is 2.30. The summed E-state index contributed by atoms with van der Waals surface area (Å²) in [7, 11) is 1.70. The predicted molar refractivity (Wildman–Crippen MR) is 104 cm³/mol. The summed E-state index contributed by atoms with van der Waals surface area (Å²) in [5.41, 5.74) is 3.87. The second-order valence-corrected chi connectivity index (χ2v) is 7.66. The smallest absolute Gasteiger partial charge is 0.224 e. The molecule has 0 radical (unpaired) electrons. The molecule has 1 N–H and O–H groups in total. The fourth-order valence-electron chi connectivity index (χ4n) is 4.34. The molecule has 144 valence electrons. The van der Waals surface area contributed by atoms with Crippen molar-refractivity contribution in [1.82, 2.24) is 10.2 Å². The Morgan fingerprint density at radius 1 is 1.30 bits per heavy atom. The number of hydrogen-bond donors (Lipinski definition) is 1. The molecule has 1 atom stereocenters. The summed E-state index contributed by atoms with van der Waals surface area (Å²) < 4.78 is 11.0. The van der Waals surface area contributed by atoms with E-state index < -0.39 is 0 Å². The first-order valence-corrected chi connectivity index (χ1v) is 9.94. The first-order chi connectivity index (χ1) is 13.2. The van der Waals surface area contributed by atoms with Crippen molar-refractivity contribution in [2.45, 2.75) is 45.2 Å². The lowest BCUT2D eigenvalue weighted by molar-refractivity contribution is -0.127. The fourth-order valence-corrected chi connectivity index (χ4v) is 4.34. The van der Waals surface area contributed by atoms with Crippen LogP contribution >= 0.6 is 0 Å². The molecule has 0 bridgehead atoms. The molecular weight excluding hydrogens is 340 g/mol. The lowest BCUT2D eigenvalue weighted by Gasteiger charge is -2.31. The molecule has 5 heteroatoms. The molecule has 1 amide bonds. The highest BCUT2D eigenvalue weighted by molar-refractivity contribution is 5.79. The number of nitrogens with zero attached hydrogens (tertiary/aromatic N) is 1. The van der Waals surface area contributed by atoms with Crippen LogP contribution in [0.5, 0.6) is 5.75 Å². The number of benzene rings is 1. The van der Waals surface area contributed by atoms with Crippen LogP contribution in [-0.4, -0.2) is 31.0 Å². The van der Waals surface area contributed by atoms with Crippen LogP contribution in [0, 0.1) is 5.92 Å². The van der Waals surface area contributed by atoms with Gasteiger partial charge in [-0.05, 0) is 68.0 Å². The Bertz CT molecular complexity index is 785. The molecule has 2 aliphatic rings. The van der Waals surface area contributed by atoms with Crippen LogP contribution < -0.4 is 10.1 Å². The van der Waals surface area contributed by atoms with Gasteiger partial charge in [0.05, 0.1) is 25.8 Å². The highest BCUT2D eigenvalue weighted by atomic mass is 16.5. The average molecular weight is 368 g/mol. The number of aryl methyl sites for hydroxylation is 2. The van der Waals surface area contributed by atoms with E-state index in [1.54, 1.807) is 13.4 Å². The van der Waals surface area contributed by atoms with Crippen LogP contribution in [0.1, 0.15) is 41.7 Å². The Balaban J connectivity index is 1.35. The van der Waals surface area contributed by atoms with Gasteiger partial charge < -0.3 is 14.5 Å². The molecule has 5 nitrogen and oxygen atoms in total. The Morgan fingerprint density at radius 3 is 2.93 bits per heavy atom. The number of carbonyl (C=O) groups is 1. The standard InChI is InChI=1S/C22H28N2O3/c1-26-21-12-17-6-2-5-16(17)11-19(21)13-23-22(25)18-7-3-9-24(14-18)15-20-8-4-10-27-20/h4,8,10-12,18H,2-3,5-7,9,13-15H2,1H3,(H,23,25)/t18-/m1/s1. The van der Waals surface area contributed by atoms with Gasteiger partial charge in [0.25, 0.3) is 0 Å². The van der Waals surface area contributed by atoms with E-state index in [0.29, 0.717) is 6.54 Å². The molecule has 1 aromatic heterocycles. The van der Waals surface area contributed by atoms with Crippen molar-refractivity contribution in [2.75, 3.05) is 20.2 Å². The molecule has 4 rings (SSSR count). The Hall–Kier alpha value is -2.27. The number of hydrogen-bond acceptors (Lipinski definition) is 4. The largest absolute Gasteiger partial charge is 0.496 e. The normalized spacial score (nSPS) is 19.7. The van der Waals surface area contributed by atoms with Crippen LogP contribution in [0.15, 0.2) is 34.9 Å². The van der Waals surface area contributed by atoms with E-state index in [-0.39, 0.29) is 11.8 Å². The van der Waals surface area contributed by atoms with Gasteiger partial charge in [-0.25, -0.2) is 0 Å². The molecule has 1 aliphatic carbocycles. The molecule has 1 aromatic carbocycles. The summed E-state index contributed by atoms with van der Waals surface area (Å²) >= 11 is 0. The van der Waals surface area contributed by atoms with Gasteiger partial charge in [-0.15, -0.1) is 0 Å². The SMILES string of the molecule is COc1cc2c(cc1CNC(=O)[C@@H]1CCCN(Cc3ccco3)C1)CCC2. The predicted octanol–water partition coefficient (Wildman–Crippen LogP) is 3.31. The van der Waals surface area contributed by atoms with Crippen molar-refractivity contribution in [3.8, 4) is 5.75 Å². The zero-order chi connectivity index (χ0) is 18.6. The second-order valence-electron chi connectivity index (χ2n) is 7.66. The third kappa shape index (κ3) is 4.19. The number of carbonyl (C=O) groups excluding carboxylic acids is 1. The van der Waals surface area contributed by atoms with Gasteiger partial charge in [0.1, 0.15) is 11.5 Å². The molecule has 0 unspecified atom stereocenters. The number of piperidine rings is 1. The number of furan rings is 1. The highest BCUT2D eigenvalue weighted by Gasteiger charge is 2.26. The van der Waals surface area contributed by atoms with E-state index >= 15 is 0 Å². The number of fused-ring (bicyclic) bond motifs is 1. The van der Waals surface area contributed by atoms with E-state index in [0.717, 1.165) is 62.4 Å². The topological polar surface area (TPSA) is 54.7 Å². The van der Waals surface area contributed by atoms with E-state index in [1.165, 1.54) is 17.5 Å². The van der Waals surface area contributed by atoms with Gasteiger partial charge in [-0.2, -0.15) is 0 Å². The molecule has 2 aromatic rings. The van der Waals surface area contributed by atoms with Gasteiger partial charge in [0, 0.05) is 18.7 Å². The monoisotopic (exact) mass is 368 g/mol. The van der Waals surface area contributed by atoms with Crippen molar-refractivity contribution < 1.29 is 13.9 Å². The summed E-state index contributed by atoms with van der Waals surface area (Å²) in [6.45, 7) is 3.11. The number of likely N-dealkylation sites (tertiary alicyclic amines) is 1. The number of methoxy groups -OCH3 is 1. The fraction of sp³-hybridized carbons (Fsp3) is 0.500. The van der Waals surface area contributed by atoms with E-state index in [4.69, 9.17) is 9.15 Å². The minimum atomic E-state index is 0.0362. The zero-order valence-electron chi connectivity index (χ0n) is 16.0. The van der Waals surface area contributed by atoms with Crippen molar-refractivity contribution in [2.24, 2.45) is 5.92 Å². The molecule has 1 saturated heterocycles. The van der Waals surface area contributed by atoms with Crippen LogP contribution in [-0.2, 0) is 30.7 Å².